The summed E-state index contributed by atoms with van der Waals surface area (Å²) in [5, 5.41) is 22.9. The van der Waals surface area contributed by atoms with Crippen LogP contribution in [0.4, 0.5) is 5.69 Å². The molecule has 1 amide bonds. The van der Waals surface area contributed by atoms with Crippen LogP contribution in [0.1, 0.15) is 17.3 Å². The van der Waals surface area contributed by atoms with Crippen molar-refractivity contribution in [3.05, 3.63) is 34.4 Å². The van der Waals surface area contributed by atoms with Crippen LogP contribution in [0.2, 0.25) is 0 Å². The normalized spacial score (nSPS) is 24.0. The molecule has 10 nitrogen and oxygen atoms in total. The highest BCUT2D eigenvalue weighted by atomic mass is 32.2. The van der Waals surface area contributed by atoms with Crippen molar-refractivity contribution in [1.82, 2.24) is 4.90 Å². The number of sulfonamides is 1. The molecule has 0 spiro atoms. The third kappa shape index (κ3) is 3.00. The number of para-hydroxylation sites is 1. The predicted octanol–water partition coefficient (Wildman–Crippen LogP) is 0.736. The zero-order valence-electron chi connectivity index (χ0n) is 14.1. The molecule has 0 aromatic heterocycles. The van der Waals surface area contributed by atoms with Gasteiger partial charge in [0.05, 0.1) is 11.3 Å². The van der Waals surface area contributed by atoms with Crippen molar-refractivity contribution in [3.63, 3.8) is 0 Å². The van der Waals surface area contributed by atoms with Crippen molar-refractivity contribution >= 4 is 27.5 Å². The van der Waals surface area contributed by atoms with Crippen molar-refractivity contribution in [2.75, 3.05) is 19.4 Å². The van der Waals surface area contributed by atoms with Crippen molar-refractivity contribution in [2.24, 2.45) is 4.40 Å². The predicted molar refractivity (Wildman–Crippen MR) is 91.2 cm³/mol. The molecule has 0 bridgehead atoms. The first kappa shape index (κ1) is 18.2. The number of aliphatic hydroxyl groups excluding tert-OH is 1. The second kappa shape index (κ2) is 6.27. The number of aromatic hydroxyl groups is 1. The molecule has 140 valence electrons. The molecule has 2 aliphatic heterocycles. The molecule has 0 unspecified atom stereocenters. The molecule has 1 aromatic carbocycles. The Hall–Kier alpha value is -2.63. The van der Waals surface area contributed by atoms with Gasteiger partial charge in [0, 0.05) is 14.1 Å². The molecule has 11 heteroatoms. The summed E-state index contributed by atoms with van der Waals surface area (Å²) in [6.45, 7) is 1.58. The van der Waals surface area contributed by atoms with Gasteiger partial charge in [-0.3, -0.25) is 4.79 Å². The molecule has 2 heterocycles. The summed E-state index contributed by atoms with van der Waals surface area (Å²) in [6.07, 6.45) is -1.82. The summed E-state index contributed by atoms with van der Waals surface area (Å²) < 4.78 is 37.9. The number of hydrogen-bond acceptors (Lipinski definition) is 7. The molecular formula is C15H17N3O7S. The molecule has 1 saturated heterocycles. The first-order valence-electron chi connectivity index (χ1n) is 7.52. The fraction of sp³-hybridized carbons (Fsp3) is 0.333. The van der Waals surface area contributed by atoms with E-state index in [0.29, 0.717) is 0 Å². The van der Waals surface area contributed by atoms with Gasteiger partial charge in [0.1, 0.15) is 5.70 Å². The third-order valence-electron chi connectivity index (χ3n) is 3.73. The first-order valence-corrected chi connectivity index (χ1v) is 8.96. The molecule has 3 rings (SSSR count). The lowest BCUT2D eigenvalue weighted by molar-refractivity contribution is -0.356. The van der Waals surface area contributed by atoms with E-state index in [9.17, 15) is 23.4 Å². The number of carbonyl (C=O) groups excluding carboxylic acids is 1. The van der Waals surface area contributed by atoms with Gasteiger partial charge >= 0.3 is 0 Å². The monoisotopic (exact) mass is 383 g/mol. The van der Waals surface area contributed by atoms with E-state index in [1.165, 1.54) is 37.2 Å². The van der Waals surface area contributed by atoms with Gasteiger partial charge in [-0.15, -0.1) is 4.40 Å². The minimum Gasteiger partial charge on any atom is -0.505 e. The Kier molecular flexibility index (Phi) is 4.38. The summed E-state index contributed by atoms with van der Waals surface area (Å²) in [5.74, 6) is -1.65. The van der Waals surface area contributed by atoms with Gasteiger partial charge in [0.2, 0.25) is 12.2 Å². The van der Waals surface area contributed by atoms with Crippen LogP contribution < -0.4 is 5.32 Å². The van der Waals surface area contributed by atoms with E-state index < -0.39 is 45.1 Å². The second-order valence-corrected chi connectivity index (χ2v) is 7.40. The average molecular weight is 383 g/mol. The standard InChI is InChI=1S/C15H17N3O7S/c1-7-24-15(25-7)12-10(13(20)17-26(12,22)23)16-9-6-4-5-8(11(9)19)14(21)18(2)3/h4-7,15-16,19H,1-3H3,(H,17,20). The molecule has 0 atom stereocenters. The maximum atomic E-state index is 12.1. The van der Waals surface area contributed by atoms with E-state index in [0.717, 1.165) is 0 Å². The molecule has 0 aliphatic carbocycles. The lowest BCUT2D eigenvalue weighted by Crippen LogP contribution is -2.42. The first-order chi connectivity index (χ1) is 12.1. The van der Waals surface area contributed by atoms with Gasteiger partial charge in [-0.1, -0.05) is 6.07 Å². The highest BCUT2D eigenvalue weighted by molar-refractivity contribution is 7.94. The number of phenolic OH excluding ortho intramolecular Hbond substituents is 1. The van der Waals surface area contributed by atoms with Gasteiger partial charge < -0.3 is 29.9 Å². The molecule has 0 radical (unpaired) electrons. The van der Waals surface area contributed by atoms with Crippen LogP contribution in [0.5, 0.6) is 5.75 Å². The number of aliphatic hydroxyl groups is 1. The van der Waals surface area contributed by atoms with Gasteiger partial charge in [-0.2, -0.15) is 8.42 Å². The molecule has 1 aromatic rings. The summed E-state index contributed by atoms with van der Waals surface area (Å²) in [4.78, 5) is 13.0. The molecule has 3 N–H and O–H groups in total. The number of rotatable bonds is 4. The number of amides is 1. The summed E-state index contributed by atoms with van der Waals surface area (Å²) >= 11 is 0. The van der Waals surface area contributed by atoms with Crippen molar-refractivity contribution < 1.29 is 32.9 Å². The third-order valence-corrected chi connectivity index (χ3v) is 5.10. The number of nitrogens with one attached hydrogen (secondary N) is 1. The number of hydrogen-bond donors (Lipinski definition) is 3. The van der Waals surface area contributed by atoms with Crippen molar-refractivity contribution in [3.8, 4) is 5.75 Å². The SMILES string of the molecule is CC1OC(C2=C(Nc3cccc(C(=O)N(C)C)c3O)C(O)=NS2(=O)=O)O1. The van der Waals surface area contributed by atoms with Crippen molar-refractivity contribution in [2.45, 2.75) is 19.5 Å². The minimum atomic E-state index is -4.19. The Morgan fingerprint density at radius 3 is 2.50 bits per heavy atom. The minimum absolute atomic E-state index is 0.00389. The van der Waals surface area contributed by atoms with Crippen LogP contribution in [0.25, 0.3) is 0 Å². The van der Waals surface area contributed by atoms with Crippen LogP contribution >= 0.6 is 0 Å². The Balaban J connectivity index is 2.02. The highest BCUT2D eigenvalue weighted by Crippen LogP contribution is 2.36. The van der Waals surface area contributed by atoms with Crippen LogP contribution in [-0.4, -0.2) is 62.0 Å². The van der Waals surface area contributed by atoms with E-state index in [-0.39, 0.29) is 16.9 Å². The smallest absolute Gasteiger partial charge is 0.289 e. The maximum Gasteiger partial charge on any atom is 0.289 e. The number of anilines is 1. The Morgan fingerprint density at radius 1 is 1.27 bits per heavy atom. The molecule has 2 aliphatic rings. The summed E-state index contributed by atoms with van der Waals surface area (Å²) in [5.41, 5.74) is -0.271. The average Bonchev–Trinajstić information content (AvgIpc) is 2.74. The Bertz CT molecular complexity index is 931. The topological polar surface area (TPSA) is 138 Å². The summed E-state index contributed by atoms with van der Waals surface area (Å²) in [7, 11) is -1.14. The Labute approximate surface area is 149 Å². The Morgan fingerprint density at radius 2 is 1.92 bits per heavy atom. The number of ether oxygens (including phenoxy) is 2. The zero-order chi connectivity index (χ0) is 19.2. The largest absolute Gasteiger partial charge is 0.505 e. The van der Waals surface area contributed by atoms with Crippen LogP contribution in [-0.2, 0) is 19.5 Å². The maximum absolute atomic E-state index is 12.1. The van der Waals surface area contributed by atoms with Gasteiger partial charge in [0.25, 0.3) is 15.9 Å². The molecule has 1 fully saturated rings. The van der Waals surface area contributed by atoms with Crippen LogP contribution in [0.3, 0.4) is 0 Å². The lowest BCUT2D eigenvalue weighted by atomic mass is 10.1. The highest BCUT2D eigenvalue weighted by Gasteiger charge is 2.45. The van der Waals surface area contributed by atoms with Gasteiger partial charge in [-0.25, -0.2) is 0 Å². The van der Waals surface area contributed by atoms with Crippen LogP contribution in [0.15, 0.2) is 33.2 Å². The van der Waals surface area contributed by atoms with Crippen molar-refractivity contribution in [1.29, 1.82) is 0 Å². The van der Waals surface area contributed by atoms with E-state index >= 15 is 0 Å². The number of phenols is 1. The molecular weight excluding hydrogens is 366 g/mol. The number of nitrogens with zero attached hydrogens (tertiary/aromatic N) is 2. The van der Waals surface area contributed by atoms with Gasteiger partial charge in [0.15, 0.2) is 16.9 Å². The number of benzene rings is 1. The fourth-order valence-corrected chi connectivity index (χ4v) is 3.65. The number of carbonyl (C=O) groups is 1. The zero-order valence-corrected chi connectivity index (χ0v) is 14.9. The molecule has 0 saturated carbocycles. The van der Waals surface area contributed by atoms with E-state index in [1.54, 1.807) is 6.92 Å². The molecule has 26 heavy (non-hydrogen) atoms. The van der Waals surface area contributed by atoms with E-state index in [2.05, 4.69) is 9.71 Å². The summed E-state index contributed by atoms with van der Waals surface area (Å²) in [6, 6.07) is 4.32. The van der Waals surface area contributed by atoms with Crippen LogP contribution in [0, 0.1) is 0 Å². The van der Waals surface area contributed by atoms with E-state index in [4.69, 9.17) is 9.47 Å². The fourth-order valence-electron chi connectivity index (χ4n) is 2.48. The quantitative estimate of drug-likeness (QED) is 0.647. The lowest BCUT2D eigenvalue weighted by Gasteiger charge is -2.33. The second-order valence-electron chi connectivity index (χ2n) is 5.83. The van der Waals surface area contributed by atoms with Gasteiger partial charge in [-0.05, 0) is 19.1 Å². The van der Waals surface area contributed by atoms with E-state index in [1.807, 2.05) is 0 Å².